The number of aromatic nitrogens is 2. The molecule has 0 aliphatic heterocycles. The summed E-state index contributed by atoms with van der Waals surface area (Å²) in [4.78, 5) is 28.0. The van der Waals surface area contributed by atoms with Gasteiger partial charge in [0.15, 0.2) is 0 Å². The number of hydrogen-bond donors (Lipinski definition) is 2. The van der Waals surface area contributed by atoms with Crippen LogP contribution in [0.2, 0.25) is 0 Å². The molecular formula is C17H21N3O4S. The average molecular weight is 363 g/mol. The highest BCUT2D eigenvalue weighted by Crippen LogP contribution is 2.24. The van der Waals surface area contributed by atoms with Crippen molar-refractivity contribution in [1.82, 2.24) is 15.5 Å². The van der Waals surface area contributed by atoms with E-state index >= 15 is 0 Å². The van der Waals surface area contributed by atoms with Gasteiger partial charge < -0.3 is 14.9 Å². The Morgan fingerprint density at radius 3 is 2.88 bits per heavy atom. The quantitative estimate of drug-likeness (QED) is 0.660. The zero-order valence-electron chi connectivity index (χ0n) is 14.2. The van der Waals surface area contributed by atoms with Crippen LogP contribution in [0.5, 0.6) is 0 Å². The number of hydrogen-bond acceptors (Lipinski definition) is 6. The number of unbranched alkanes of at least 4 members (excludes halogenated alkanes) is 1. The topological polar surface area (TPSA) is 105 Å². The first-order valence-electron chi connectivity index (χ1n) is 8.05. The lowest BCUT2D eigenvalue weighted by Gasteiger charge is -2.15. The second-order valence-electron chi connectivity index (χ2n) is 5.58. The predicted octanol–water partition coefficient (Wildman–Crippen LogP) is 3.04. The number of carbonyl (C=O) groups excluding carboxylic acids is 1. The predicted molar refractivity (Wildman–Crippen MR) is 93.5 cm³/mol. The molecule has 2 N–H and O–H groups in total. The highest BCUT2D eigenvalue weighted by Gasteiger charge is 2.22. The molecular weight excluding hydrogens is 342 g/mol. The minimum atomic E-state index is -1.03. The van der Waals surface area contributed by atoms with Crippen LogP contribution in [0.1, 0.15) is 48.0 Å². The van der Waals surface area contributed by atoms with Crippen LogP contribution in [-0.2, 0) is 10.5 Å². The Morgan fingerprint density at radius 2 is 2.24 bits per heavy atom. The first-order valence-corrected chi connectivity index (χ1v) is 9.03. The number of rotatable bonds is 9. The van der Waals surface area contributed by atoms with Crippen molar-refractivity contribution in [3.8, 4) is 0 Å². The molecule has 0 bridgehead atoms. The average Bonchev–Trinajstić information content (AvgIpc) is 3.02. The fourth-order valence-corrected chi connectivity index (χ4v) is 3.08. The third-order valence-electron chi connectivity index (χ3n) is 3.50. The van der Waals surface area contributed by atoms with E-state index in [-0.39, 0.29) is 0 Å². The van der Waals surface area contributed by atoms with E-state index in [2.05, 4.69) is 15.5 Å². The standard InChI is InChI=1S/C17H21N3O4S/c1-3-4-7-14(17(22)23)19-15(21)13-6-5-8-18-16(13)25-10-12-9-11(2)24-20-12/h5-6,8-9,14H,3-4,7,10H2,1-2H3,(H,19,21)(H,22,23)/t14-/m0/s1. The maximum Gasteiger partial charge on any atom is 0.326 e. The summed E-state index contributed by atoms with van der Waals surface area (Å²) in [7, 11) is 0. The largest absolute Gasteiger partial charge is 0.480 e. The molecule has 8 heteroatoms. The van der Waals surface area contributed by atoms with Crippen molar-refractivity contribution in [3.05, 3.63) is 41.4 Å². The van der Waals surface area contributed by atoms with Gasteiger partial charge in [-0.3, -0.25) is 4.79 Å². The van der Waals surface area contributed by atoms with Crippen molar-refractivity contribution in [1.29, 1.82) is 0 Å². The molecule has 2 aromatic heterocycles. The van der Waals surface area contributed by atoms with Crippen molar-refractivity contribution in [3.63, 3.8) is 0 Å². The SMILES string of the molecule is CCCC[C@H](NC(=O)c1cccnc1SCc1cc(C)on1)C(=O)O. The fraction of sp³-hybridized carbons (Fsp3) is 0.412. The number of amides is 1. The molecule has 0 fully saturated rings. The Labute approximate surface area is 150 Å². The number of thioether (sulfide) groups is 1. The normalized spacial score (nSPS) is 11.9. The summed E-state index contributed by atoms with van der Waals surface area (Å²) in [5.41, 5.74) is 1.11. The van der Waals surface area contributed by atoms with Crippen LogP contribution < -0.4 is 5.32 Å². The van der Waals surface area contributed by atoms with Gasteiger partial charge in [-0.05, 0) is 25.5 Å². The monoisotopic (exact) mass is 363 g/mol. The molecule has 0 radical (unpaired) electrons. The van der Waals surface area contributed by atoms with Crippen LogP contribution in [-0.4, -0.2) is 33.2 Å². The number of carboxylic acids is 1. The summed E-state index contributed by atoms with van der Waals surface area (Å²) in [6.07, 6.45) is 3.60. The summed E-state index contributed by atoms with van der Waals surface area (Å²) < 4.78 is 5.02. The summed E-state index contributed by atoms with van der Waals surface area (Å²) in [5, 5.41) is 16.3. The number of nitrogens with one attached hydrogen (secondary N) is 1. The molecule has 7 nitrogen and oxygen atoms in total. The smallest absolute Gasteiger partial charge is 0.326 e. The van der Waals surface area contributed by atoms with Crippen LogP contribution in [0.25, 0.3) is 0 Å². The Hall–Kier alpha value is -2.35. The molecule has 25 heavy (non-hydrogen) atoms. The molecule has 0 saturated heterocycles. The van der Waals surface area contributed by atoms with Gasteiger partial charge in [-0.2, -0.15) is 0 Å². The summed E-state index contributed by atoms with van der Waals surface area (Å²) >= 11 is 1.35. The fourth-order valence-electron chi connectivity index (χ4n) is 2.21. The van der Waals surface area contributed by atoms with E-state index in [0.29, 0.717) is 22.8 Å². The number of carboxylic acid groups (broad SMARTS) is 1. The van der Waals surface area contributed by atoms with E-state index in [4.69, 9.17) is 4.52 Å². The third-order valence-corrected chi connectivity index (χ3v) is 4.54. The van der Waals surface area contributed by atoms with Gasteiger partial charge in [0.2, 0.25) is 0 Å². The highest BCUT2D eigenvalue weighted by atomic mass is 32.2. The molecule has 134 valence electrons. The zero-order valence-corrected chi connectivity index (χ0v) is 15.0. The van der Waals surface area contributed by atoms with Crippen molar-refractivity contribution in [2.45, 2.75) is 49.9 Å². The molecule has 1 atom stereocenters. The van der Waals surface area contributed by atoms with Crippen molar-refractivity contribution in [2.24, 2.45) is 0 Å². The molecule has 2 rings (SSSR count). The Bertz CT molecular complexity index is 732. The van der Waals surface area contributed by atoms with Crippen LogP contribution in [0.4, 0.5) is 0 Å². The maximum atomic E-state index is 12.5. The maximum absolute atomic E-state index is 12.5. The summed E-state index contributed by atoms with van der Waals surface area (Å²) in [5.74, 6) is -0.240. The zero-order chi connectivity index (χ0) is 18.2. The molecule has 0 saturated carbocycles. The van der Waals surface area contributed by atoms with E-state index in [0.717, 1.165) is 24.3 Å². The van der Waals surface area contributed by atoms with Crippen molar-refractivity contribution in [2.75, 3.05) is 0 Å². The Balaban J connectivity index is 2.07. The molecule has 2 heterocycles. The molecule has 1 amide bonds. The lowest BCUT2D eigenvalue weighted by molar-refractivity contribution is -0.139. The molecule has 0 aromatic carbocycles. The Morgan fingerprint density at radius 1 is 1.44 bits per heavy atom. The van der Waals surface area contributed by atoms with Crippen LogP contribution in [0.15, 0.2) is 33.9 Å². The minimum Gasteiger partial charge on any atom is -0.480 e. The minimum absolute atomic E-state index is 0.357. The number of nitrogens with zero attached hydrogens (tertiary/aromatic N) is 2. The van der Waals surface area contributed by atoms with Gasteiger partial charge in [0, 0.05) is 18.0 Å². The van der Waals surface area contributed by atoms with Crippen LogP contribution in [0, 0.1) is 6.92 Å². The van der Waals surface area contributed by atoms with E-state index in [1.165, 1.54) is 11.8 Å². The first-order chi connectivity index (χ1) is 12.0. The molecule has 2 aromatic rings. The number of pyridine rings is 1. The first kappa shape index (κ1) is 19.0. The Kier molecular flexibility index (Phi) is 7.00. The molecule has 0 unspecified atom stereocenters. The molecule has 0 spiro atoms. The van der Waals surface area contributed by atoms with Gasteiger partial charge in [-0.1, -0.05) is 36.7 Å². The lowest BCUT2D eigenvalue weighted by Crippen LogP contribution is -2.41. The van der Waals surface area contributed by atoms with Crippen molar-refractivity contribution >= 4 is 23.6 Å². The van der Waals surface area contributed by atoms with Gasteiger partial charge >= 0.3 is 5.97 Å². The third kappa shape index (κ3) is 5.60. The lowest BCUT2D eigenvalue weighted by atomic mass is 10.1. The number of aliphatic carboxylic acids is 1. The number of carbonyl (C=O) groups is 2. The van der Waals surface area contributed by atoms with Crippen molar-refractivity contribution < 1.29 is 19.2 Å². The molecule has 0 aliphatic rings. The molecule has 0 aliphatic carbocycles. The summed E-state index contributed by atoms with van der Waals surface area (Å²) in [6, 6.07) is 4.21. The van der Waals surface area contributed by atoms with E-state index in [1.54, 1.807) is 18.3 Å². The van der Waals surface area contributed by atoms with E-state index < -0.39 is 17.9 Å². The van der Waals surface area contributed by atoms with Gasteiger partial charge in [0.1, 0.15) is 16.8 Å². The second-order valence-corrected chi connectivity index (χ2v) is 6.54. The van der Waals surface area contributed by atoms with Crippen LogP contribution >= 0.6 is 11.8 Å². The highest BCUT2D eigenvalue weighted by molar-refractivity contribution is 7.98. The van der Waals surface area contributed by atoms with Gasteiger partial charge in [0.25, 0.3) is 5.91 Å². The van der Waals surface area contributed by atoms with E-state index in [9.17, 15) is 14.7 Å². The summed E-state index contributed by atoms with van der Waals surface area (Å²) in [6.45, 7) is 3.78. The van der Waals surface area contributed by atoms with Crippen LogP contribution in [0.3, 0.4) is 0 Å². The van der Waals surface area contributed by atoms with Gasteiger partial charge in [0.05, 0.1) is 11.3 Å². The van der Waals surface area contributed by atoms with Gasteiger partial charge in [-0.15, -0.1) is 0 Å². The second kappa shape index (κ2) is 9.22. The number of aryl methyl sites for hydroxylation is 1. The van der Waals surface area contributed by atoms with E-state index in [1.807, 2.05) is 19.9 Å². The van der Waals surface area contributed by atoms with Gasteiger partial charge in [-0.25, -0.2) is 9.78 Å².